The molecule has 0 atom stereocenters. The summed E-state index contributed by atoms with van der Waals surface area (Å²) >= 11 is 0. The third kappa shape index (κ3) is 8.37. The van der Waals surface area contributed by atoms with E-state index in [-0.39, 0.29) is 20.1 Å². The van der Waals surface area contributed by atoms with Gasteiger partial charge in [0.25, 0.3) is 0 Å². The van der Waals surface area contributed by atoms with Crippen molar-refractivity contribution in [3.63, 3.8) is 0 Å². The summed E-state index contributed by atoms with van der Waals surface area (Å²) in [7, 11) is 0. The smallest absolute Gasteiger partial charge is 0.380 e. The molecule has 0 unspecified atom stereocenters. The Morgan fingerprint density at radius 3 is 1.54 bits per heavy atom. The molecule has 0 N–H and O–H groups in total. The molecule has 4 nitrogen and oxygen atoms in total. The Bertz CT molecular complexity index is 1960. The molecule has 4 aromatic carbocycles. The van der Waals surface area contributed by atoms with Gasteiger partial charge in [-0.15, -0.1) is 95.6 Å². The molecule has 0 saturated heterocycles. The summed E-state index contributed by atoms with van der Waals surface area (Å²) in [6.45, 7) is 5.50. The number of nitrogens with zero attached hydrogens (tertiary/aromatic N) is 4. The van der Waals surface area contributed by atoms with Gasteiger partial charge in [0.2, 0.25) is 0 Å². The average Bonchev–Trinajstić information content (AvgIpc) is 3.47. The maximum atomic E-state index is 4.54. The first-order chi connectivity index (χ1) is 23.2. The average molecular weight is 800 g/mol. The molecule has 0 saturated carbocycles. The Morgan fingerprint density at radius 2 is 1.04 bits per heavy atom. The van der Waals surface area contributed by atoms with E-state index in [1.807, 2.05) is 109 Å². The minimum absolute atomic E-state index is 0. The van der Waals surface area contributed by atoms with Crippen LogP contribution in [0.3, 0.4) is 0 Å². The molecule has 4 aromatic heterocycles. The van der Waals surface area contributed by atoms with Gasteiger partial charge in [-0.2, -0.15) is 0 Å². The van der Waals surface area contributed by atoms with Crippen molar-refractivity contribution in [3.8, 4) is 33.8 Å². The fourth-order valence-corrected chi connectivity index (χ4v) is 5.46. The SMILES string of the molecule is CC(C)Cn1c2ccccc2c2cc[c-]c(-c3ccccn3)c21.[Ir+3].[c-]1ccccc1-c1ccccn1.[c-]1ccccc1-c1ccccn1. The van der Waals surface area contributed by atoms with E-state index in [2.05, 4.69) is 88.0 Å². The van der Waals surface area contributed by atoms with Crippen LogP contribution in [0.4, 0.5) is 0 Å². The number of hydrogen-bond acceptors (Lipinski definition) is 3. The minimum Gasteiger partial charge on any atom is -0.380 e. The van der Waals surface area contributed by atoms with Gasteiger partial charge in [0.15, 0.2) is 0 Å². The van der Waals surface area contributed by atoms with E-state index >= 15 is 0 Å². The van der Waals surface area contributed by atoms with Crippen LogP contribution in [-0.2, 0) is 26.7 Å². The molecular weight excluding hydrogens is 765 g/mol. The van der Waals surface area contributed by atoms with Gasteiger partial charge in [-0.3, -0.25) is 0 Å². The van der Waals surface area contributed by atoms with Gasteiger partial charge >= 0.3 is 20.1 Å². The minimum atomic E-state index is 0. The predicted octanol–water partition coefficient (Wildman–Crippen LogP) is 10.4. The van der Waals surface area contributed by atoms with E-state index in [1.165, 1.54) is 21.8 Å². The molecule has 0 aliphatic heterocycles. The second-order valence-corrected chi connectivity index (χ2v) is 11.3. The topological polar surface area (TPSA) is 43.6 Å². The molecule has 0 spiro atoms. The fraction of sp³-hybridized carbons (Fsp3) is 0.0930. The number of hydrogen-bond donors (Lipinski definition) is 0. The van der Waals surface area contributed by atoms with Crippen LogP contribution in [0.2, 0.25) is 0 Å². The summed E-state index contributed by atoms with van der Waals surface area (Å²) in [5, 5.41) is 2.58. The number of para-hydroxylation sites is 1. The number of aromatic nitrogens is 4. The number of fused-ring (bicyclic) bond motifs is 3. The maximum absolute atomic E-state index is 4.54. The Balaban J connectivity index is 0.000000153. The Kier molecular flexibility index (Phi) is 12.1. The molecule has 0 aliphatic rings. The van der Waals surface area contributed by atoms with Crippen molar-refractivity contribution in [2.24, 2.45) is 5.92 Å². The summed E-state index contributed by atoms with van der Waals surface area (Å²) in [6, 6.07) is 55.9. The molecule has 48 heavy (non-hydrogen) atoms. The Morgan fingerprint density at radius 1 is 0.521 bits per heavy atom. The van der Waals surface area contributed by atoms with Crippen LogP contribution in [0.15, 0.2) is 158 Å². The van der Waals surface area contributed by atoms with E-state index in [0.717, 1.165) is 40.3 Å². The molecule has 8 rings (SSSR count). The van der Waals surface area contributed by atoms with Crippen molar-refractivity contribution in [2.75, 3.05) is 0 Å². The van der Waals surface area contributed by atoms with Crippen molar-refractivity contribution in [3.05, 3.63) is 176 Å². The van der Waals surface area contributed by atoms with Crippen molar-refractivity contribution in [1.82, 2.24) is 19.5 Å². The molecule has 0 radical (unpaired) electrons. The largest absolute Gasteiger partial charge is 3.00 e. The fourth-order valence-electron chi connectivity index (χ4n) is 5.46. The molecule has 5 heteroatoms. The maximum Gasteiger partial charge on any atom is 3.00 e. The van der Waals surface area contributed by atoms with Gasteiger partial charge in [-0.1, -0.05) is 73.8 Å². The van der Waals surface area contributed by atoms with E-state index in [9.17, 15) is 0 Å². The molecular formula is C43H35IrN4. The zero-order valence-corrected chi connectivity index (χ0v) is 29.3. The summed E-state index contributed by atoms with van der Waals surface area (Å²) in [4.78, 5) is 13.0. The summed E-state index contributed by atoms with van der Waals surface area (Å²) in [6.07, 6.45) is 5.42. The van der Waals surface area contributed by atoms with Crippen LogP contribution < -0.4 is 0 Å². The summed E-state index contributed by atoms with van der Waals surface area (Å²) < 4.78 is 2.43. The van der Waals surface area contributed by atoms with Gasteiger partial charge in [0.05, 0.1) is 0 Å². The van der Waals surface area contributed by atoms with Crippen LogP contribution in [0, 0.1) is 24.1 Å². The number of pyridine rings is 3. The van der Waals surface area contributed by atoms with Gasteiger partial charge in [-0.05, 0) is 58.2 Å². The quantitative estimate of drug-likeness (QED) is 0.163. The van der Waals surface area contributed by atoms with Crippen LogP contribution >= 0.6 is 0 Å². The summed E-state index contributed by atoms with van der Waals surface area (Å²) in [5.41, 5.74) is 8.60. The van der Waals surface area contributed by atoms with E-state index in [0.29, 0.717) is 5.92 Å². The van der Waals surface area contributed by atoms with Crippen LogP contribution in [-0.4, -0.2) is 19.5 Å². The molecule has 0 bridgehead atoms. The Hall–Kier alpha value is -5.22. The van der Waals surface area contributed by atoms with Crippen molar-refractivity contribution >= 4 is 21.8 Å². The monoisotopic (exact) mass is 800 g/mol. The van der Waals surface area contributed by atoms with Crippen molar-refractivity contribution in [2.45, 2.75) is 20.4 Å². The molecule has 0 amide bonds. The number of rotatable bonds is 5. The van der Waals surface area contributed by atoms with Crippen LogP contribution in [0.1, 0.15) is 13.8 Å². The second kappa shape index (κ2) is 17.1. The van der Waals surface area contributed by atoms with E-state index in [1.54, 1.807) is 12.4 Å². The molecule has 0 aliphatic carbocycles. The zero-order chi connectivity index (χ0) is 32.3. The number of benzene rings is 4. The van der Waals surface area contributed by atoms with Crippen LogP contribution in [0.25, 0.3) is 55.6 Å². The van der Waals surface area contributed by atoms with E-state index in [4.69, 9.17) is 0 Å². The first kappa shape index (κ1) is 34.1. The first-order valence-electron chi connectivity index (χ1n) is 15.8. The third-order valence-corrected chi connectivity index (χ3v) is 7.49. The van der Waals surface area contributed by atoms with E-state index < -0.39 is 0 Å². The molecule has 8 aromatic rings. The van der Waals surface area contributed by atoms with Gasteiger partial charge in [0, 0.05) is 30.7 Å². The van der Waals surface area contributed by atoms with Gasteiger partial charge < -0.3 is 19.5 Å². The summed E-state index contributed by atoms with van der Waals surface area (Å²) in [5.74, 6) is 0.575. The third-order valence-electron chi connectivity index (χ3n) is 7.49. The predicted molar refractivity (Wildman–Crippen MR) is 193 cm³/mol. The Labute approximate surface area is 296 Å². The normalized spacial score (nSPS) is 10.4. The molecule has 4 heterocycles. The van der Waals surface area contributed by atoms with Crippen LogP contribution in [0.5, 0.6) is 0 Å². The van der Waals surface area contributed by atoms with Gasteiger partial charge in [-0.25, -0.2) is 0 Å². The van der Waals surface area contributed by atoms with Crippen molar-refractivity contribution in [1.29, 1.82) is 0 Å². The standard InChI is InChI=1S/C21H19N2.2C11H8N.Ir/c1-15(2)14-23-20-12-4-3-8-16(20)17-9-7-10-18(21(17)23)19-11-5-6-13-22-19;2*1-2-6-10(7-3-1)11-8-4-5-9-12-11;/h3-9,11-13,15H,14H2,1-2H3;2*1-6,8-9H;/q3*-1;+3. The molecule has 0 fully saturated rings. The van der Waals surface area contributed by atoms with Gasteiger partial charge in [0.1, 0.15) is 0 Å². The first-order valence-corrected chi connectivity index (χ1v) is 15.8. The zero-order valence-electron chi connectivity index (χ0n) is 26.9. The molecule has 236 valence electrons. The van der Waals surface area contributed by atoms with Crippen molar-refractivity contribution < 1.29 is 20.1 Å². The second-order valence-electron chi connectivity index (χ2n) is 11.3.